The molecule has 2 rings (SSSR count). The Kier molecular flexibility index (Phi) is 5.79. The summed E-state index contributed by atoms with van der Waals surface area (Å²) >= 11 is 11.8. The number of hydrogen-bond acceptors (Lipinski definition) is 4. The summed E-state index contributed by atoms with van der Waals surface area (Å²) < 4.78 is 4.62. The van der Waals surface area contributed by atoms with Crippen LogP contribution < -0.4 is 5.32 Å². The third-order valence-corrected chi connectivity index (χ3v) is 3.54. The number of halogens is 2. The number of methoxy groups -OCH3 is 1. The van der Waals surface area contributed by atoms with Gasteiger partial charge in [0.05, 0.1) is 17.7 Å². The second kappa shape index (κ2) is 7.81. The van der Waals surface area contributed by atoms with E-state index < -0.39 is 5.97 Å². The minimum atomic E-state index is -0.403. The lowest BCUT2D eigenvalue weighted by atomic mass is 10.1. The van der Waals surface area contributed by atoms with Gasteiger partial charge in [0.1, 0.15) is 0 Å². The van der Waals surface area contributed by atoms with E-state index in [1.54, 1.807) is 36.4 Å². The summed E-state index contributed by atoms with van der Waals surface area (Å²) in [6, 6.07) is 11.4. The van der Waals surface area contributed by atoms with Crippen molar-refractivity contribution in [3.63, 3.8) is 0 Å². The molecule has 4 nitrogen and oxygen atoms in total. The fraction of sp³-hybridized carbons (Fsp3) is 0.0588. The van der Waals surface area contributed by atoms with Crippen molar-refractivity contribution in [2.75, 3.05) is 12.4 Å². The summed E-state index contributed by atoms with van der Waals surface area (Å²) in [4.78, 5) is 23.4. The van der Waals surface area contributed by atoms with Gasteiger partial charge in [0.2, 0.25) is 0 Å². The molecule has 2 aromatic carbocycles. The number of carbonyl (C=O) groups excluding carboxylic acids is 2. The highest BCUT2D eigenvalue weighted by Gasteiger charge is 2.07. The van der Waals surface area contributed by atoms with E-state index >= 15 is 0 Å². The fourth-order valence-electron chi connectivity index (χ4n) is 1.81. The van der Waals surface area contributed by atoms with E-state index in [0.29, 0.717) is 21.2 Å². The Balaban J connectivity index is 2.01. The van der Waals surface area contributed by atoms with Gasteiger partial charge in [-0.1, -0.05) is 23.2 Å². The Morgan fingerprint density at radius 1 is 1.09 bits per heavy atom. The van der Waals surface area contributed by atoms with Crippen molar-refractivity contribution in [1.82, 2.24) is 0 Å². The van der Waals surface area contributed by atoms with Gasteiger partial charge in [-0.2, -0.15) is 0 Å². The quantitative estimate of drug-likeness (QED) is 0.487. The van der Waals surface area contributed by atoms with Crippen molar-refractivity contribution in [2.24, 2.45) is 0 Å². The van der Waals surface area contributed by atoms with Gasteiger partial charge in [-0.15, -0.1) is 0 Å². The first-order chi connectivity index (χ1) is 11.0. The van der Waals surface area contributed by atoms with Crippen LogP contribution in [0.4, 0.5) is 5.69 Å². The van der Waals surface area contributed by atoms with Crippen molar-refractivity contribution in [2.45, 2.75) is 0 Å². The van der Waals surface area contributed by atoms with Crippen molar-refractivity contribution in [1.29, 1.82) is 0 Å². The van der Waals surface area contributed by atoms with Gasteiger partial charge in [0.25, 0.3) is 0 Å². The maximum Gasteiger partial charge on any atom is 0.337 e. The van der Waals surface area contributed by atoms with E-state index in [1.165, 1.54) is 25.5 Å². The molecule has 0 spiro atoms. The smallest absolute Gasteiger partial charge is 0.337 e. The molecule has 118 valence electrons. The van der Waals surface area contributed by atoms with Gasteiger partial charge >= 0.3 is 5.97 Å². The summed E-state index contributed by atoms with van der Waals surface area (Å²) in [6.45, 7) is 0. The Morgan fingerprint density at radius 3 is 2.39 bits per heavy atom. The first-order valence-electron chi connectivity index (χ1n) is 6.62. The van der Waals surface area contributed by atoms with Crippen LogP contribution in [0.1, 0.15) is 20.7 Å². The third-order valence-electron chi connectivity index (χ3n) is 2.99. The molecule has 0 unspecified atom stereocenters. The molecule has 0 amide bonds. The van der Waals surface area contributed by atoms with Crippen LogP contribution in [0.2, 0.25) is 10.0 Å². The third kappa shape index (κ3) is 4.58. The first-order valence-corrected chi connectivity index (χ1v) is 7.37. The molecule has 0 aliphatic rings. The molecule has 0 heterocycles. The number of rotatable bonds is 5. The van der Waals surface area contributed by atoms with Gasteiger partial charge in [0, 0.05) is 28.5 Å². The minimum absolute atomic E-state index is 0.245. The minimum Gasteiger partial charge on any atom is -0.465 e. The lowest BCUT2D eigenvalue weighted by Gasteiger charge is -2.03. The number of ketones is 1. The van der Waals surface area contributed by atoms with Crippen LogP contribution in [0, 0.1) is 0 Å². The van der Waals surface area contributed by atoms with Crippen molar-refractivity contribution < 1.29 is 14.3 Å². The summed E-state index contributed by atoms with van der Waals surface area (Å²) in [7, 11) is 1.32. The Labute approximate surface area is 143 Å². The number of ether oxygens (including phenoxy) is 1. The van der Waals surface area contributed by atoms with Gasteiger partial charge in [-0.3, -0.25) is 4.79 Å². The van der Waals surface area contributed by atoms with Crippen LogP contribution in [0.25, 0.3) is 0 Å². The molecule has 23 heavy (non-hydrogen) atoms. The number of anilines is 1. The summed E-state index contributed by atoms with van der Waals surface area (Å²) in [5, 5.41) is 3.71. The van der Waals surface area contributed by atoms with Crippen LogP contribution >= 0.6 is 23.2 Å². The van der Waals surface area contributed by atoms with Gasteiger partial charge in [-0.25, -0.2) is 4.79 Å². The van der Waals surface area contributed by atoms with Gasteiger partial charge in [0.15, 0.2) is 5.78 Å². The molecule has 0 aliphatic heterocycles. The monoisotopic (exact) mass is 349 g/mol. The highest BCUT2D eigenvalue weighted by molar-refractivity contribution is 6.37. The SMILES string of the molecule is COC(=O)c1ccc(N/C=C/C(=O)c2ccc(Cl)cc2Cl)cc1. The molecule has 0 saturated heterocycles. The second-order valence-electron chi connectivity index (χ2n) is 4.54. The zero-order chi connectivity index (χ0) is 16.8. The molecule has 6 heteroatoms. The molecule has 0 saturated carbocycles. The van der Waals surface area contributed by atoms with Crippen molar-refractivity contribution in [3.05, 3.63) is 75.9 Å². The number of esters is 1. The molecule has 0 aromatic heterocycles. The number of allylic oxidation sites excluding steroid dienone is 1. The molecule has 2 aromatic rings. The Hall–Kier alpha value is -2.30. The predicted molar refractivity (Wildman–Crippen MR) is 91.3 cm³/mol. The summed E-state index contributed by atoms with van der Waals surface area (Å²) in [6.07, 6.45) is 2.86. The predicted octanol–water partition coefficient (Wildman–Crippen LogP) is 4.59. The maximum absolute atomic E-state index is 12.0. The lowest BCUT2D eigenvalue weighted by Crippen LogP contribution is -2.01. The molecule has 0 bridgehead atoms. The van der Waals surface area contributed by atoms with E-state index in [-0.39, 0.29) is 5.78 Å². The van der Waals surface area contributed by atoms with Crippen molar-refractivity contribution in [3.8, 4) is 0 Å². The zero-order valence-corrected chi connectivity index (χ0v) is 13.7. The van der Waals surface area contributed by atoms with Crippen LogP contribution in [-0.4, -0.2) is 18.9 Å². The molecule has 0 radical (unpaired) electrons. The molecule has 0 atom stereocenters. The maximum atomic E-state index is 12.0. The average molecular weight is 350 g/mol. The molecule has 1 N–H and O–H groups in total. The van der Waals surface area contributed by atoms with Crippen LogP contribution in [0.5, 0.6) is 0 Å². The number of nitrogens with one attached hydrogen (secondary N) is 1. The van der Waals surface area contributed by atoms with E-state index in [0.717, 1.165) is 5.69 Å². The van der Waals surface area contributed by atoms with Gasteiger partial charge < -0.3 is 10.1 Å². The standard InChI is InChI=1S/C17H13Cl2NO3/c1-23-17(22)11-2-5-13(6-3-11)20-9-8-16(21)14-7-4-12(18)10-15(14)19/h2-10,20H,1H3/b9-8+. The topological polar surface area (TPSA) is 55.4 Å². The lowest BCUT2D eigenvalue weighted by molar-refractivity contribution is 0.0600. The Bertz CT molecular complexity index is 755. The largest absolute Gasteiger partial charge is 0.465 e. The Morgan fingerprint density at radius 2 is 1.78 bits per heavy atom. The van der Waals surface area contributed by atoms with Crippen LogP contribution in [-0.2, 0) is 4.74 Å². The summed E-state index contributed by atoms with van der Waals surface area (Å²) in [5.41, 5.74) is 1.55. The first kappa shape index (κ1) is 17.1. The average Bonchev–Trinajstić information content (AvgIpc) is 2.54. The molecule has 0 fully saturated rings. The molecule has 0 aliphatic carbocycles. The summed E-state index contributed by atoms with van der Waals surface area (Å²) in [5.74, 6) is -0.648. The number of hydrogen-bond donors (Lipinski definition) is 1. The second-order valence-corrected chi connectivity index (χ2v) is 5.38. The van der Waals surface area contributed by atoms with Gasteiger partial charge in [-0.05, 0) is 42.5 Å². The van der Waals surface area contributed by atoms with Crippen LogP contribution in [0.3, 0.4) is 0 Å². The normalized spacial score (nSPS) is 10.6. The van der Waals surface area contributed by atoms with Crippen LogP contribution in [0.15, 0.2) is 54.7 Å². The highest BCUT2D eigenvalue weighted by Crippen LogP contribution is 2.21. The van der Waals surface area contributed by atoms with E-state index in [1.807, 2.05) is 0 Å². The molecular formula is C17H13Cl2NO3. The molecular weight excluding hydrogens is 337 g/mol. The van der Waals surface area contributed by atoms with E-state index in [2.05, 4.69) is 10.1 Å². The fourth-order valence-corrected chi connectivity index (χ4v) is 2.31. The van der Waals surface area contributed by atoms with E-state index in [4.69, 9.17) is 23.2 Å². The number of benzene rings is 2. The zero-order valence-electron chi connectivity index (χ0n) is 12.2. The number of carbonyl (C=O) groups is 2. The highest BCUT2D eigenvalue weighted by atomic mass is 35.5. The van der Waals surface area contributed by atoms with E-state index in [9.17, 15) is 9.59 Å². The van der Waals surface area contributed by atoms with Crippen molar-refractivity contribution >= 4 is 40.6 Å².